The maximum atomic E-state index is 12.0. The summed E-state index contributed by atoms with van der Waals surface area (Å²) in [6.45, 7) is 4.49. The molecule has 1 saturated carbocycles. The maximum Gasteiger partial charge on any atom is 0.224 e. The molecule has 1 aromatic rings. The van der Waals surface area contributed by atoms with E-state index in [2.05, 4.69) is 19.2 Å². The molecule has 1 amide bonds. The summed E-state index contributed by atoms with van der Waals surface area (Å²) < 4.78 is 0. The molecule has 3 atom stereocenters. The zero-order valence-electron chi connectivity index (χ0n) is 11.1. The SMILES string of the molecule is CC1CCC(NC(=O)Cc2ccc(N)cc2)C1C. The van der Waals surface area contributed by atoms with Crippen molar-refractivity contribution in [1.29, 1.82) is 0 Å². The van der Waals surface area contributed by atoms with Crippen LogP contribution < -0.4 is 11.1 Å². The smallest absolute Gasteiger partial charge is 0.224 e. The zero-order valence-corrected chi connectivity index (χ0v) is 11.1. The lowest BCUT2D eigenvalue weighted by molar-refractivity contribution is -0.121. The number of hydrogen-bond acceptors (Lipinski definition) is 2. The van der Waals surface area contributed by atoms with Crippen LogP contribution in [-0.4, -0.2) is 11.9 Å². The lowest BCUT2D eigenvalue weighted by atomic mass is 9.97. The highest BCUT2D eigenvalue weighted by Crippen LogP contribution is 2.31. The van der Waals surface area contributed by atoms with E-state index in [1.165, 1.54) is 6.42 Å². The number of amides is 1. The molecule has 0 spiro atoms. The first kappa shape index (κ1) is 12.9. The van der Waals surface area contributed by atoms with Gasteiger partial charge in [-0.3, -0.25) is 4.79 Å². The molecule has 1 aliphatic carbocycles. The fourth-order valence-electron chi connectivity index (χ4n) is 2.65. The quantitative estimate of drug-likeness (QED) is 0.804. The third-order valence-electron chi connectivity index (χ3n) is 4.16. The predicted octanol–water partition coefficient (Wildman–Crippen LogP) is 2.36. The fraction of sp³-hybridized carbons (Fsp3) is 0.533. The molecular weight excluding hydrogens is 224 g/mol. The molecule has 0 bridgehead atoms. The van der Waals surface area contributed by atoms with Gasteiger partial charge >= 0.3 is 0 Å². The van der Waals surface area contributed by atoms with Crippen LogP contribution in [0.25, 0.3) is 0 Å². The number of carbonyl (C=O) groups is 1. The lowest BCUT2D eigenvalue weighted by Crippen LogP contribution is -2.38. The Morgan fingerprint density at radius 3 is 2.50 bits per heavy atom. The molecule has 1 fully saturated rings. The standard InChI is InChI=1S/C15H22N2O/c1-10-3-8-14(11(10)2)17-15(18)9-12-4-6-13(16)7-5-12/h4-7,10-11,14H,3,8-9,16H2,1-2H3,(H,17,18). The van der Waals surface area contributed by atoms with Crippen LogP contribution in [-0.2, 0) is 11.2 Å². The van der Waals surface area contributed by atoms with Gasteiger partial charge in [-0.05, 0) is 42.4 Å². The van der Waals surface area contributed by atoms with E-state index in [9.17, 15) is 4.79 Å². The number of rotatable bonds is 3. The summed E-state index contributed by atoms with van der Waals surface area (Å²) in [5.41, 5.74) is 7.37. The summed E-state index contributed by atoms with van der Waals surface area (Å²) in [5.74, 6) is 1.41. The topological polar surface area (TPSA) is 55.1 Å². The Balaban J connectivity index is 1.87. The first-order valence-corrected chi connectivity index (χ1v) is 6.70. The van der Waals surface area contributed by atoms with Crippen LogP contribution in [0.3, 0.4) is 0 Å². The summed E-state index contributed by atoms with van der Waals surface area (Å²) in [7, 11) is 0. The molecule has 1 aliphatic rings. The second-order valence-electron chi connectivity index (χ2n) is 5.51. The molecular formula is C15H22N2O. The molecule has 18 heavy (non-hydrogen) atoms. The van der Waals surface area contributed by atoms with E-state index in [0.717, 1.165) is 17.7 Å². The average molecular weight is 246 g/mol. The Labute approximate surface area is 109 Å². The second-order valence-corrected chi connectivity index (χ2v) is 5.51. The summed E-state index contributed by atoms with van der Waals surface area (Å²) in [6, 6.07) is 7.85. The Morgan fingerprint density at radius 1 is 1.28 bits per heavy atom. The molecule has 3 N–H and O–H groups in total. The Morgan fingerprint density at radius 2 is 1.94 bits per heavy atom. The van der Waals surface area contributed by atoms with Crippen LogP contribution >= 0.6 is 0 Å². The monoisotopic (exact) mass is 246 g/mol. The second kappa shape index (κ2) is 5.42. The highest BCUT2D eigenvalue weighted by molar-refractivity contribution is 5.79. The minimum atomic E-state index is 0.116. The summed E-state index contributed by atoms with van der Waals surface area (Å²) in [4.78, 5) is 12.0. The van der Waals surface area contributed by atoms with E-state index >= 15 is 0 Å². The van der Waals surface area contributed by atoms with Crippen molar-refractivity contribution in [1.82, 2.24) is 5.32 Å². The molecule has 98 valence electrons. The van der Waals surface area contributed by atoms with Gasteiger partial charge in [0, 0.05) is 11.7 Å². The predicted molar refractivity (Wildman–Crippen MR) is 74.1 cm³/mol. The van der Waals surface area contributed by atoms with Gasteiger partial charge in [-0.15, -0.1) is 0 Å². The van der Waals surface area contributed by atoms with E-state index in [1.54, 1.807) is 0 Å². The van der Waals surface area contributed by atoms with Crippen molar-refractivity contribution in [2.24, 2.45) is 11.8 Å². The number of benzene rings is 1. The van der Waals surface area contributed by atoms with Gasteiger partial charge < -0.3 is 11.1 Å². The van der Waals surface area contributed by atoms with Gasteiger partial charge in [0.15, 0.2) is 0 Å². The molecule has 3 heteroatoms. The van der Waals surface area contributed by atoms with E-state index in [4.69, 9.17) is 5.73 Å². The number of nitrogens with two attached hydrogens (primary N) is 1. The van der Waals surface area contributed by atoms with Crippen LogP contribution in [0.5, 0.6) is 0 Å². The van der Waals surface area contributed by atoms with Crippen LogP contribution in [0.2, 0.25) is 0 Å². The van der Waals surface area contributed by atoms with E-state index in [1.807, 2.05) is 24.3 Å². The number of hydrogen-bond donors (Lipinski definition) is 2. The third-order valence-corrected chi connectivity index (χ3v) is 4.16. The molecule has 0 saturated heterocycles. The van der Waals surface area contributed by atoms with Crippen LogP contribution in [0.4, 0.5) is 5.69 Å². The van der Waals surface area contributed by atoms with Crippen LogP contribution in [0, 0.1) is 11.8 Å². The summed E-state index contributed by atoms with van der Waals surface area (Å²) in [5, 5.41) is 3.15. The van der Waals surface area contributed by atoms with Crippen molar-refractivity contribution in [2.45, 2.75) is 39.2 Å². The largest absolute Gasteiger partial charge is 0.399 e. The highest BCUT2D eigenvalue weighted by atomic mass is 16.1. The van der Waals surface area contributed by atoms with Crippen molar-refractivity contribution in [3.05, 3.63) is 29.8 Å². The average Bonchev–Trinajstić information content (AvgIpc) is 2.64. The van der Waals surface area contributed by atoms with Gasteiger partial charge in [-0.1, -0.05) is 26.0 Å². The number of carbonyl (C=O) groups excluding carboxylic acids is 1. The molecule has 1 aromatic carbocycles. The van der Waals surface area contributed by atoms with Gasteiger partial charge in [0.2, 0.25) is 5.91 Å². The first-order valence-electron chi connectivity index (χ1n) is 6.70. The Hall–Kier alpha value is -1.51. The molecule has 0 aromatic heterocycles. The molecule has 0 radical (unpaired) electrons. The maximum absolute atomic E-state index is 12.0. The summed E-state index contributed by atoms with van der Waals surface area (Å²) in [6.07, 6.45) is 2.77. The highest BCUT2D eigenvalue weighted by Gasteiger charge is 2.30. The Bertz CT molecular complexity index is 413. The van der Waals surface area contributed by atoms with Gasteiger partial charge in [-0.25, -0.2) is 0 Å². The normalized spacial score (nSPS) is 27.1. The van der Waals surface area contributed by atoms with Crippen molar-refractivity contribution in [3.63, 3.8) is 0 Å². The molecule has 3 nitrogen and oxygen atoms in total. The van der Waals surface area contributed by atoms with Gasteiger partial charge in [-0.2, -0.15) is 0 Å². The van der Waals surface area contributed by atoms with Crippen molar-refractivity contribution >= 4 is 11.6 Å². The van der Waals surface area contributed by atoms with Crippen LogP contribution in [0.15, 0.2) is 24.3 Å². The molecule has 0 aliphatic heterocycles. The lowest BCUT2D eigenvalue weighted by Gasteiger charge is -2.19. The van der Waals surface area contributed by atoms with Crippen molar-refractivity contribution in [2.75, 3.05) is 5.73 Å². The first-order chi connectivity index (χ1) is 8.56. The Kier molecular flexibility index (Phi) is 3.90. The number of nitrogen functional groups attached to an aromatic ring is 1. The minimum absolute atomic E-state index is 0.116. The fourth-order valence-corrected chi connectivity index (χ4v) is 2.65. The van der Waals surface area contributed by atoms with Gasteiger partial charge in [0.05, 0.1) is 6.42 Å². The molecule has 0 heterocycles. The van der Waals surface area contributed by atoms with Crippen molar-refractivity contribution in [3.8, 4) is 0 Å². The van der Waals surface area contributed by atoms with E-state index in [0.29, 0.717) is 24.3 Å². The minimum Gasteiger partial charge on any atom is -0.399 e. The van der Waals surface area contributed by atoms with Crippen LogP contribution in [0.1, 0.15) is 32.3 Å². The van der Waals surface area contributed by atoms with Gasteiger partial charge in [0.1, 0.15) is 0 Å². The molecule has 3 unspecified atom stereocenters. The number of anilines is 1. The molecule has 2 rings (SSSR count). The van der Waals surface area contributed by atoms with Gasteiger partial charge in [0.25, 0.3) is 0 Å². The number of nitrogens with one attached hydrogen (secondary N) is 1. The zero-order chi connectivity index (χ0) is 13.1. The summed E-state index contributed by atoms with van der Waals surface area (Å²) >= 11 is 0. The third kappa shape index (κ3) is 3.03. The van der Waals surface area contributed by atoms with Crippen molar-refractivity contribution < 1.29 is 4.79 Å². The van der Waals surface area contributed by atoms with E-state index < -0.39 is 0 Å². The van der Waals surface area contributed by atoms with E-state index in [-0.39, 0.29) is 5.91 Å².